The summed E-state index contributed by atoms with van der Waals surface area (Å²) in [5, 5.41) is 0. The number of likely N-dealkylation sites (tertiary alicyclic amines) is 1. The molecule has 23 heavy (non-hydrogen) atoms. The van der Waals surface area contributed by atoms with E-state index in [0.29, 0.717) is 17.1 Å². The van der Waals surface area contributed by atoms with Crippen LogP contribution in [-0.2, 0) is 10.0 Å². The quantitative estimate of drug-likeness (QED) is 0.851. The van der Waals surface area contributed by atoms with Gasteiger partial charge in [-0.05, 0) is 31.0 Å². The standard InChI is InChI=1S/C16H26N2O4S/c1-6-18-9-12(3)13(10-18)17-23(19,20)16-8-15(22-5)14(21-4)7-11(16)2/h7-8,12-13,17H,6,9-10H2,1-5H3/t12-,13-/m1/s1. The molecule has 1 aliphatic heterocycles. The summed E-state index contributed by atoms with van der Waals surface area (Å²) in [6.45, 7) is 8.50. The zero-order valence-electron chi connectivity index (χ0n) is 14.4. The maximum absolute atomic E-state index is 12.8. The molecule has 0 bridgehead atoms. The van der Waals surface area contributed by atoms with Gasteiger partial charge in [0.1, 0.15) is 0 Å². The average molecular weight is 342 g/mol. The number of nitrogens with one attached hydrogen (secondary N) is 1. The molecule has 1 N–H and O–H groups in total. The van der Waals surface area contributed by atoms with E-state index in [1.54, 1.807) is 13.0 Å². The zero-order chi connectivity index (χ0) is 17.2. The first kappa shape index (κ1) is 18.0. The molecule has 0 aromatic heterocycles. The Balaban J connectivity index is 2.29. The predicted octanol–water partition coefficient (Wildman–Crippen LogP) is 1.63. The minimum atomic E-state index is -3.61. The maximum atomic E-state index is 12.8. The van der Waals surface area contributed by atoms with Crippen LogP contribution in [0.25, 0.3) is 0 Å². The Labute approximate surface area is 138 Å². The molecule has 1 saturated heterocycles. The van der Waals surface area contributed by atoms with Crippen molar-refractivity contribution in [1.29, 1.82) is 0 Å². The van der Waals surface area contributed by atoms with E-state index in [1.807, 2.05) is 0 Å². The molecule has 0 spiro atoms. The van der Waals surface area contributed by atoms with E-state index in [-0.39, 0.29) is 16.9 Å². The highest BCUT2D eigenvalue weighted by Gasteiger charge is 2.33. The van der Waals surface area contributed by atoms with Crippen LogP contribution in [0.4, 0.5) is 0 Å². The first-order valence-electron chi connectivity index (χ1n) is 7.79. The topological polar surface area (TPSA) is 67.9 Å². The summed E-state index contributed by atoms with van der Waals surface area (Å²) in [5.74, 6) is 1.22. The lowest BCUT2D eigenvalue weighted by Crippen LogP contribution is -2.40. The van der Waals surface area contributed by atoms with E-state index in [2.05, 4.69) is 23.5 Å². The van der Waals surface area contributed by atoms with E-state index in [4.69, 9.17) is 9.47 Å². The lowest BCUT2D eigenvalue weighted by molar-refractivity contribution is 0.344. The largest absolute Gasteiger partial charge is 0.493 e. The third kappa shape index (κ3) is 3.79. The summed E-state index contributed by atoms with van der Waals surface area (Å²) in [7, 11) is -0.582. The lowest BCUT2D eigenvalue weighted by atomic mass is 10.1. The maximum Gasteiger partial charge on any atom is 0.241 e. The summed E-state index contributed by atoms with van der Waals surface area (Å²) in [6.07, 6.45) is 0. The van der Waals surface area contributed by atoms with Gasteiger partial charge in [-0.1, -0.05) is 13.8 Å². The summed E-state index contributed by atoms with van der Waals surface area (Å²) in [6, 6.07) is 3.13. The number of ether oxygens (including phenoxy) is 2. The van der Waals surface area contributed by atoms with Gasteiger partial charge in [-0.15, -0.1) is 0 Å². The highest BCUT2D eigenvalue weighted by Crippen LogP contribution is 2.32. The highest BCUT2D eigenvalue weighted by atomic mass is 32.2. The number of benzene rings is 1. The second-order valence-corrected chi connectivity index (χ2v) is 7.71. The van der Waals surface area contributed by atoms with Gasteiger partial charge in [-0.25, -0.2) is 13.1 Å². The molecule has 1 aromatic rings. The molecule has 1 aromatic carbocycles. The van der Waals surface area contributed by atoms with Crippen molar-refractivity contribution in [3.05, 3.63) is 17.7 Å². The fourth-order valence-corrected chi connectivity index (χ4v) is 4.57. The van der Waals surface area contributed by atoms with E-state index in [9.17, 15) is 8.42 Å². The van der Waals surface area contributed by atoms with Crippen LogP contribution in [0.1, 0.15) is 19.4 Å². The summed E-state index contributed by atoms with van der Waals surface area (Å²) >= 11 is 0. The molecule has 0 saturated carbocycles. The first-order chi connectivity index (χ1) is 10.8. The van der Waals surface area contributed by atoms with Crippen LogP contribution in [0.15, 0.2) is 17.0 Å². The van der Waals surface area contributed by atoms with Crippen LogP contribution in [0.2, 0.25) is 0 Å². The van der Waals surface area contributed by atoms with Crippen LogP contribution in [0.5, 0.6) is 11.5 Å². The Morgan fingerprint density at radius 3 is 2.35 bits per heavy atom. The summed E-state index contributed by atoms with van der Waals surface area (Å²) in [4.78, 5) is 2.48. The number of aryl methyl sites for hydroxylation is 1. The number of nitrogens with zero attached hydrogens (tertiary/aromatic N) is 1. The number of likely N-dealkylation sites (N-methyl/N-ethyl adjacent to an activating group) is 1. The number of methoxy groups -OCH3 is 2. The second-order valence-electron chi connectivity index (χ2n) is 6.03. The van der Waals surface area contributed by atoms with Gasteiger partial charge in [-0.2, -0.15) is 0 Å². The lowest BCUT2D eigenvalue weighted by Gasteiger charge is -2.19. The number of sulfonamides is 1. The van der Waals surface area contributed by atoms with Gasteiger partial charge in [0.05, 0.1) is 19.1 Å². The molecule has 6 nitrogen and oxygen atoms in total. The third-order valence-corrected chi connectivity index (χ3v) is 6.04. The van der Waals surface area contributed by atoms with Crippen molar-refractivity contribution >= 4 is 10.0 Å². The highest BCUT2D eigenvalue weighted by molar-refractivity contribution is 7.89. The fraction of sp³-hybridized carbons (Fsp3) is 0.625. The molecule has 2 atom stereocenters. The molecule has 0 unspecified atom stereocenters. The van der Waals surface area contributed by atoms with Crippen molar-refractivity contribution in [3.8, 4) is 11.5 Å². The van der Waals surface area contributed by atoms with Crippen molar-refractivity contribution in [2.24, 2.45) is 5.92 Å². The SMILES string of the molecule is CCN1C[C@@H](C)[C@H](NS(=O)(=O)c2cc(OC)c(OC)cc2C)C1. The van der Waals surface area contributed by atoms with Gasteiger partial charge >= 0.3 is 0 Å². The first-order valence-corrected chi connectivity index (χ1v) is 9.28. The van der Waals surface area contributed by atoms with Gasteiger partial charge in [0.25, 0.3) is 0 Å². The third-order valence-electron chi connectivity index (χ3n) is 4.41. The van der Waals surface area contributed by atoms with E-state index < -0.39 is 10.0 Å². The van der Waals surface area contributed by atoms with Gasteiger partial charge in [0.2, 0.25) is 10.0 Å². The number of hydrogen-bond donors (Lipinski definition) is 1. The van der Waals surface area contributed by atoms with E-state index in [1.165, 1.54) is 20.3 Å². The van der Waals surface area contributed by atoms with E-state index >= 15 is 0 Å². The van der Waals surface area contributed by atoms with Crippen LogP contribution in [0.3, 0.4) is 0 Å². The Morgan fingerprint density at radius 2 is 1.83 bits per heavy atom. The smallest absolute Gasteiger partial charge is 0.241 e. The zero-order valence-corrected chi connectivity index (χ0v) is 15.2. The predicted molar refractivity (Wildman–Crippen MR) is 89.7 cm³/mol. The summed E-state index contributed by atoms with van der Waals surface area (Å²) < 4.78 is 38.9. The molecule has 130 valence electrons. The Hall–Kier alpha value is -1.31. The monoisotopic (exact) mass is 342 g/mol. The van der Waals surface area contributed by atoms with Gasteiger partial charge in [-0.3, -0.25) is 0 Å². The van der Waals surface area contributed by atoms with Gasteiger partial charge in [0.15, 0.2) is 11.5 Å². The molecule has 7 heteroatoms. The van der Waals surface area contributed by atoms with Crippen molar-refractivity contribution < 1.29 is 17.9 Å². The molecule has 1 aliphatic rings. The normalized spacial score (nSPS) is 22.3. The molecule has 0 aliphatic carbocycles. The van der Waals surface area contributed by atoms with E-state index in [0.717, 1.165) is 19.6 Å². The molecular weight excluding hydrogens is 316 g/mol. The van der Waals surface area contributed by atoms with Crippen LogP contribution in [-0.4, -0.2) is 53.2 Å². The minimum absolute atomic E-state index is 0.0764. The number of rotatable bonds is 6. The van der Waals surface area contributed by atoms with Crippen molar-refractivity contribution in [3.63, 3.8) is 0 Å². The fourth-order valence-electron chi connectivity index (χ4n) is 2.99. The van der Waals surface area contributed by atoms with Crippen LogP contribution in [0, 0.1) is 12.8 Å². The van der Waals surface area contributed by atoms with Crippen molar-refractivity contribution in [2.45, 2.75) is 31.7 Å². The van der Waals surface area contributed by atoms with Crippen LogP contribution < -0.4 is 14.2 Å². The molecule has 1 fully saturated rings. The average Bonchev–Trinajstić information content (AvgIpc) is 2.86. The Kier molecular flexibility index (Phi) is 5.54. The number of hydrogen-bond acceptors (Lipinski definition) is 5. The molecule has 1 heterocycles. The van der Waals surface area contributed by atoms with Crippen molar-refractivity contribution in [1.82, 2.24) is 9.62 Å². The molecular formula is C16H26N2O4S. The molecule has 0 amide bonds. The molecule has 2 rings (SSSR count). The summed E-state index contributed by atoms with van der Waals surface area (Å²) in [5.41, 5.74) is 0.633. The Bertz CT molecular complexity index is 660. The van der Waals surface area contributed by atoms with Crippen LogP contribution >= 0.6 is 0 Å². The van der Waals surface area contributed by atoms with Crippen molar-refractivity contribution in [2.75, 3.05) is 33.9 Å². The minimum Gasteiger partial charge on any atom is -0.493 e. The van der Waals surface area contributed by atoms with Gasteiger partial charge in [0, 0.05) is 25.2 Å². The molecule has 0 radical (unpaired) electrons. The van der Waals surface area contributed by atoms with Gasteiger partial charge < -0.3 is 14.4 Å². The Morgan fingerprint density at radius 1 is 1.22 bits per heavy atom. The second kappa shape index (κ2) is 7.07.